The number of phenolic OH excluding ortho intramolecular Hbond substituents is 1. The normalized spacial score (nSPS) is 9.83. The van der Waals surface area contributed by atoms with Crippen LogP contribution in [0.25, 0.3) is 0 Å². The minimum Gasteiger partial charge on any atom is -0.508 e. The first kappa shape index (κ1) is 9.02. The van der Waals surface area contributed by atoms with Crippen molar-refractivity contribution in [2.24, 2.45) is 0 Å². The fraction of sp³-hybridized carbons (Fsp3) is 0. The number of aromatic hydroxyl groups is 1. The minimum absolute atomic E-state index is 0.00778. The molecule has 0 saturated carbocycles. The summed E-state index contributed by atoms with van der Waals surface area (Å²) in [7, 11) is -1.29. The second-order valence-electron chi connectivity index (χ2n) is 2.14. The van der Waals surface area contributed by atoms with E-state index in [9.17, 15) is 0 Å². The van der Waals surface area contributed by atoms with Gasteiger partial charge in [0.1, 0.15) is 5.75 Å². The molecule has 1 rings (SSSR count). The van der Waals surface area contributed by atoms with Crippen LogP contribution in [0.4, 0.5) is 0 Å². The third kappa shape index (κ3) is 1.96. The van der Waals surface area contributed by atoms with Crippen molar-refractivity contribution in [3.05, 3.63) is 24.3 Å². The Kier molecular flexibility index (Phi) is 3.06. The Bertz CT molecular complexity index is 249. The van der Waals surface area contributed by atoms with Gasteiger partial charge in [0, 0.05) is 0 Å². The highest BCUT2D eigenvalue weighted by molar-refractivity contribution is 6.60. The second-order valence-corrected chi connectivity index (χ2v) is 2.14. The predicted molar refractivity (Wildman–Crippen MR) is 40.9 cm³/mol. The van der Waals surface area contributed by atoms with Gasteiger partial charge in [-0.05, 0) is 17.6 Å². The van der Waals surface area contributed by atoms with E-state index >= 15 is 0 Å². The first-order chi connectivity index (χ1) is 5.77. The van der Waals surface area contributed by atoms with Crippen LogP contribution in [-0.4, -0.2) is 22.7 Å². The topological polar surface area (TPSA) is 79.2 Å². The molecule has 0 aliphatic heterocycles. The maximum Gasteiger partial charge on any atom is 0.554 e. The Labute approximate surface area is 68.8 Å². The van der Waals surface area contributed by atoms with Crippen LogP contribution in [0.1, 0.15) is 0 Å². The summed E-state index contributed by atoms with van der Waals surface area (Å²) < 4.78 is 0. The van der Waals surface area contributed by atoms with Crippen LogP contribution >= 0.6 is 0 Å². The van der Waals surface area contributed by atoms with Crippen molar-refractivity contribution in [3.8, 4) is 5.75 Å². The molecule has 1 aromatic carbocycles. The zero-order valence-corrected chi connectivity index (χ0v) is 6.04. The summed E-state index contributed by atoms with van der Waals surface area (Å²) in [6.45, 7) is 0. The van der Waals surface area contributed by atoms with E-state index in [4.69, 9.17) is 15.6 Å². The summed E-state index contributed by atoms with van der Waals surface area (Å²) in [5.74, 6) is -0.00778. The smallest absolute Gasteiger partial charge is 0.508 e. The monoisotopic (exact) mass is 170 g/mol. The van der Waals surface area contributed by atoms with E-state index < -0.39 is 7.12 Å². The van der Waals surface area contributed by atoms with Gasteiger partial charge in [0.25, 0.3) is 0 Å². The highest BCUT2D eigenvalue weighted by Gasteiger charge is 2.21. The number of rotatable bonds is 3. The van der Waals surface area contributed by atoms with Gasteiger partial charge in [0.15, 0.2) is 0 Å². The summed E-state index contributed by atoms with van der Waals surface area (Å²) in [5.41, 5.74) is 0.306. The lowest BCUT2D eigenvalue weighted by Gasteiger charge is -2.04. The van der Waals surface area contributed by atoms with Crippen LogP contribution in [0.5, 0.6) is 5.75 Å². The van der Waals surface area contributed by atoms with E-state index in [1.54, 1.807) is 0 Å². The second kappa shape index (κ2) is 4.08. The first-order valence-electron chi connectivity index (χ1n) is 3.17. The highest BCUT2D eigenvalue weighted by atomic mass is 17.2. The van der Waals surface area contributed by atoms with Gasteiger partial charge < -0.3 is 5.11 Å². The van der Waals surface area contributed by atoms with E-state index in [1.165, 1.54) is 24.3 Å². The van der Waals surface area contributed by atoms with Crippen LogP contribution < -0.4 is 5.46 Å². The van der Waals surface area contributed by atoms with Crippen LogP contribution in [-0.2, 0) is 9.61 Å². The molecule has 0 saturated heterocycles. The van der Waals surface area contributed by atoms with Gasteiger partial charge in [-0.15, -0.1) is 0 Å². The maximum absolute atomic E-state index is 8.98. The Balaban J connectivity index is 2.85. The van der Waals surface area contributed by atoms with Crippen LogP contribution in [0.3, 0.4) is 0 Å². The largest absolute Gasteiger partial charge is 0.554 e. The number of hydrogen-bond donors (Lipinski definition) is 3. The van der Waals surface area contributed by atoms with Crippen molar-refractivity contribution in [1.29, 1.82) is 0 Å². The van der Waals surface area contributed by atoms with E-state index in [0.717, 1.165) is 0 Å². The molecule has 1 aromatic rings. The molecule has 0 radical (unpaired) electrons. The van der Waals surface area contributed by atoms with E-state index in [0.29, 0.717) is 5.46 Å². The van der Waals surface area contributed by atoms with Crippen LogP contribution in [0.2, 0.25) is 0 Å². The summed E-state index contributed by atoms with van der Waals surface area (Å²) in [4.78, 5) is 7.51. The van der Waals surface area contributed by atoms with Crippen molar-refractivity contribution in [2.75, 3.05) is 0 Å². The predicted octanol–water partition coefficient (Wildman–Crippen LogP) is 0.0666. The minimum atomic E-state index is -1.29. The molecule has 12 heavy (non-hydrogen) atoms. The van der Waals surface area contributed by atoms with Gasteiger partial charge in [-0.2, -0.15) is 0 Å². The van der Waals surface area contributed by atoms with Crippen molar-refractivity contribution in [1.82, 2.24) is 0 Å². The van der Waals surface area contributed by atoms with Crippen LogP contribution in [0, 0.1) is 0 Å². The summed E-state index contributed by atoms with van der Waals surface area (Å²) in [6, 6.07) is 5.76. The Hall–Kier alpha value is -1.08. The fourth-order valence-electron chi connectivity index (χ4n) is 0.812. The molecule has 0 fully saturated rings. The van der Waals surface area contributed by atoms with Gasteiger partial charge in [-0.25, -0.2) is 0 Å². The fourth-order valence-corrected chi connectivity index (χ4v) is 0.812. The lowest BCUT2D eigenvalue weighted by molar-refractivity contribution is -0.221. The number of hydrogen-bond acceptors (Lipinski definition) is 5. The Morgan fingerprint density at radius 3 is 2.33 bits per heavy atom. The molecular formula is C6H7BO5. The number of phenols is 1. The molecule has 0 unspecified atom stereocenters. The SMILES string of the molecule is OOB(OO)c1cccc(O)c1. The average molecular weight is 170 g/mol. The molecule has 0 heterocycles. The Morgan fingerprint density at radius 2 is 1.83 bits per heavy atom. The molecule has 0 aliphatic rings. The summed E-state index contributed by atoms with van der Waals surface area (Å²) in [6.07, 6.45) is 0. The van der Waals surface area contributed by atoms with Crippen LogP contribution in [0.15, 0.2) is 24.3 Å². The molecule has 0 spiro atoms. The molecule has 3 N–H and O–H groups in total. The zero-order chi connectivity index (χ0) is 8.97. The molecule has 5 nitrogen and oxygen atoms in total. The van der Waals surface area contributed by atoms with Gasteiger partial charge >= 0.3 is 7.12 Å². The van der Waals surface area contributed by atoms with Crippen molar-refractivity contribution < 1.29 is 25.2 Å². The molecule has 0 aromatic heterocycles. The van der Waals surface area contributed by atoms with Gasteiger partial charge in [0.2, 0.25) is 0 Å². The average Bonchev–Trinajstić information content (AvgIpc) is 2.07. The van der Waals surface area contributed by atoms with Gasteiger partial charge in [-0.1, -0.05) is 12.1 Å². The van der Waals surface area contributed by atoms with Crippen molar-refractivity contribution in [3.63, 3.8) is 0 Å². The third-order valence-corrected chi connectivity index (χ3v) is 1.33. The van der Waals surface area contributed by atoms with E-state index in [1.807, 2.05) is 0 Å². The molecule has 0 bridgehead atoms. The van der Waals surface area contributed by atoms with Crippen molar-refractivity contribution >= 4 is 12.6 Å². The molecular weight excluding hydrogens is 163 g/mol. The lowest BCUT2D eigenvalue weighted by Crippen LogP contribution is -2.34. The highest BCUT2D eigenvalue weighted by Crippen LogP contribution is 2.04. The maximum atomic E-state index is 8.98. The van der Waals surface area contributed by atoms with Crippen molar-refractivity contribution in [2.45, 2.75) is 0 Å². The lowest BCUT2D eigenvalue weighted by atomic mass is 9.80. The van der Waals surface area contributed by atoms with E-state index in [-0.39, 0.29) is 5.75 Å². The van der Waals surface area contributed by atoms with Gasteiger partial charge in [-0.3, -0.25) is 20.1 Å². The Morgan fingerprint density at radius 1 is 1.17 bits per heavy atom. The molecule has 0 aliphatic carbocycles. The van der Waals surface area contributed by atoms with E-state index in [2.05, 4.69) is 9.61 Å². The summed E-state index contributed by atoms with van der Waals surface area (Å²) in [5, 5.41) is 25.4. The quantitative estimate of drug-likeness (QED) is 0.339. The standard InChI is InChI=1S/C6H7BO5/c8-6-3-1-2-5(4-6)7(11-9)12-10/h1-4,8-10H. The molecule has 0 atom stereocenters. The van der Waals surface area contributed by atoms with Gasteiger partial charge in [0.05, 0.1) is 0 Å². The molecule has 6 heteroatoms. The molecule has 0 amide bonds. The third-order valence-electron chi connectivity index (χ3n) is 1.33. The first-order valence-corrected chi connectivity index (χ1v) is 3.17. The number of benzene rings is 1. The summed E-state index contributed by atoms with van der Waals surface area (Å²) >= 11 is 0. The molecule has 64 valence electrons. The zero-order valence-electron chi connectivity index (χ0n) is 6.04.